The van der Waals surface area contributed by atoms with Crippen LogP contribution in [0, 0.1) is 0 Å². The molecule has 0 bridgehead atoms. The molecule has 1 saturated heterocycles. The van der Waals surface area contributed by atoms with Gasteiger partial charge in [-0.3, -0.25) is 4.99 Å². The fraction of sp³-hybridized carbons (Fsp3) is 0.522. The number of hydrogen-bond acceptors (Lipinski definition) is 6. The van der Waals surface area contributed by atoms with Gasteiger partial charge in [-0.25, -0.2) is 9.97 Å². The molecule has 1 aromatic heterocycles. The van der Waals surface area contributed by atoms with Crippen molar-refractivity contribution in [3.63, 3.8) is 0 Å². The first-order chi connectivity index (χ1) is 15.3. The number of para-hydroxylation sites is 1. The second-order valence-corrected chi connectivity index (χ2v) is 7.90. The summed E-state index contributed by atoms with van der Waals surface area (Å²) in [4.78, 5) is 17.7. The quantitative estimate of drug-likeness (QED) is 0.335. The fourth-order valence-corrected chi connectivity index (χ4v) is 4.25. The molecular weight excluding hydrogens is 519 g/mol. The Bertz CT molecular complexity index is 868. The van der Waals surface area contributed by atoms with Gasteiger partial charge >= 0.3 is 0 Å². The highest BCUT2D eigenvalue weighted by Gasteiger charge is 2.23. The van der Waals surface area contributed by atoms with Crippen LogP contribution in [-0.4, -0.2) is 67.3 Å². The summed E-state index contributed by atoms with van der Waals surface area (Å²) in [6.45, 7) is 4.08. The Morgan fingerprint density at radius 3 is 2.47 bits per heavy atom. The topological polar surface area (TPSA) is 75.1 Å². The van der Waals surface area contributed by atoms with Gasteiger partial charge in [0.05, 0.1) is 13.2 Å². The van der Waals surface area contributed by atoms with E-state index in [0.29, 0.717) is 6.54 Å². The molecule has 0 spiro atoms. The first kappa shape index (κ1) is 24.3. The molecule has 0 atom stereocenters. The lowest BCUT2D eigenvalue weighted by Crippen LogP contribution is -2.52. The zero-order chi connectivity index (χ0) is 21.5. The number of aromatic nitrogens is 2. The molecule has 2 aliphatic rings. The molecule has 1 aliphatic heterocycles. The number of nitrogens with zero attached hydrogens (tertiary/aromatic N) is 5. The minimum atomic E-state index is 0. The maximum absolute atomic E-state index is 6.36. The van der Waals surface area contributed by atoms with Gasteiger partial charge in [0.2, 0.25) is 5.95 Å². The summed E-state index contributed by atoms with van der Waals surface area (Å²) < 4.78 is 12.0. The lowest BCUT2D eigenvalue weighted by atomic mass is 10.1. The lowest BCUT2D eigenvalue weighted by molar-refractivity contribution is 0.198. The summed E-state index contributed by atoms with van der Waals surface area (Å²) >= 11 is 0. The first-order valence-corrected chi connectivity index (χ1v) is 11.1. The number of benzene rings is 1. The normalized spacial score (nSPS) is 17.1. The van der Waals surface area contributed by atoms with Crippen molar-refractivity contribution in [2.75, 3.05) is 45.2 Å². The van der Waals surface area contributed by atoms with E-state index in [4.69, 9.17) is 9.47 Å². The number of aliphatic imine (C=N–C) groups is 1. The third-order valence-corrected chi connectivity index (χ3v) is 5.93. The molecule has 1 aromatic carbocycles. The van der Waals surface area contributed by atoms with Crippen molar-refractivity contribution in [1.82, 2.24) is 20.2 Å². The zero-order valence-corrected chi connectivity index (χ0v) is 21.2. The third kappa shape index (κ3) is 5.93. The number of ether oxygens (including phenoxy) is 2. The van der Waals surface area contributed by atoms with Crippen LogP contribution in [0.1, 0.15) is 31.2 Å². The van der Waals surface area contributed by atoms with Crippen LogP contribution in [-0.2, 0) is 6.54 Å². The average molecular weight is 552 g/mol. The summed E-state index contributed by atoms with van der Waals surface area (Å²) in [6, 6.07) is 7.92. The Balaban J connectivity index is 0.00000289. The number of hydrogen-bond donors (Lipinski definition) is 1. The molecule has 174 valence electrons. The molecule has 2 heterocycles. The fourth-order valence-electron chi connectivity index (χ4n) is 4.25. The van der Waals surface area contributed by atoms with E-state index in [0.717, 1.165) is 68.0 Å². The molecule has 1 saturated carbocycles. The highest BCUT2D eigenvalue weighted by Crippen LogP contribution is 2.34. The lowest BCUT2D eigenvalue weighted by Gasteiger charge is -2.36. The van der Waals surface area contributed by atoms with E-state index < -0.39 is 0 Å². The van der Waals surface area contributed by atoms with Crippen LogP contribution in [0.15, 0.2) is 41.7 Å². The number of methoxy groups -OCH3 is 1. The minimum absolute atomic E-state index is 0. The molecule has 2 fully saturated rings. The van der Waals surface area contributed by atoms with Gasteiger partial charge < -0.3 is 24.6 Å². The average Bonchev–Trinajstić information content (AvgIpc) is 3.34. The van der Waals surface area contributed by atoms with Crippen molar-refractivity contribution in [2.45, 2.75) is 38.3 Å². The number of anilines is 1. The van der Waals surface area contributed by atoms with Crippen molar-refractivity contribution in [3.05, 3.63) is 42.2 Å². The van der Waals surface area contributed by atoms with Gasteiger partial charge in [0.15, 0.2) is 17.5 Å². The van der Waals surface area contributed by atoms with Gasteiger partial charge in [0, 0.05) is 57.7 Å². The second-order valence-electron chi connectivity index (χ2n) is 7.90. The predicted molar refractivity (Wildman–Crippen MR) is 137 cm³/mol. The number of rotatable bonds is 6. The summed E-state index contributed by atoms with van der Waals surface area (Å²) in [5, 5.41) is 3.52. The Labute approximate surface area is 207 Å². The van der Waals surface area contributed by atoms with Crippen molar-refractivity contribution >= 4 is 35.9 Å². The van der Waals surface area contributed by atoms with E-state index in [2.05, 4.69) is 36.1 Å². The molecule has 0 unspecified atom stereocenters. The highest BCUT2D eigenvalue weighted by molar-refractivity contribution is 14.0. The molecule has 8 nitrogen and oxygen atoms in total. The minimum Gasteiger partial charge on any atom is -0.493 e. The Hall–Kier alpha value is -2.30. The predicted octanol–water partition coefficient (Wildman–Crippen LogP) is 3.32. The molecule has 32 heavy (non-hydrogen) atoms. The first-order valence-electron chi connectivity index (χ1n) is 11.1. The summed E-state index contributed by atoms with van der Waals surface area (Å²) in [5.74, 6) is 3.32. The van der Waals surface area contributed by atoms with Crippen molar-refractivity contribution in [2.24, 2.45) is 4.99 Å². The van der Waals surface area contributed by atoms with Gasteiger partial charge in [0.1, 0.15) is 0 Å². The van der Waals surface area contributed by atoms with E-state index in [1.807, 2.05) is 25.2 Å². The number of guanidine groups is 1. The van der Waals surface area contributed by atoms with Crippen LogP contribution in [0.5, 0.6) is 11.5 Å². The van der Waals surface area contributed by atoms with Gasteiger partial charge in [-0.2, -0.15) is 0 Å². The van der Waals surface area contributed by atoms with Crippen LogP contribution < -0.4 is 19.7 Å². The van der Waals surface area contributed by atoms with E-state index >= 15 is 0 Å². The number of nitrogens with one attached hydrogen (secondary N) is 1. The molecular formula is C23H33IN6O2. The van der Waals surface area contributed by atoms with Crippen LogP contribution >= 0.6 is 24.0 Å². The standard InChI is InChI=1S/C23H32N6O2.HI/c1-24-22(28-13-15-29(16-14-28)23-25-11-6-12-26-23)27-17-18-7-5-10-20(30-2)21(18)31-19-8-3-4-9-19;/h5-7,10-12,19H,3-4,8-9,13-17H2,1-2H3,(H,24,27);1H. The zero-order valence-electron chi connectivity index (χ0n) is 18.9. The molecule has 9 heteroatoms. The maximum Gasteiger partial charge on any atom is 0.225 e. The molecule has 1 N–H and O–H groups in total. The van der Waals surface area contributed by atoms with Crippen LogP contribution in [0.25, 0.3) is 0 Å². The largest absolute Gasteiger partial charge is 0.493 e. The van der Waals surface area contributed by atoms with Gasteiger partial charge in [0.25, 0.3) is 0 Å². The second kappa shape index (κ2) is 12.1. The number of piperazine rings is 1. The number of halogens is 1. The van der Waals surface area contributed by atoms with Crippen LogP contribution in [0.4, 0.5) is 5.95 Å². The van der Waals surface area contributed by atoms with Crippen LogP contribution in [0.3, 0.4) is 0 Å². The van der Waals surface area contributed by atoms with E-state index in [-0.39, 0.29) is 30.1 Å². The van der Waals surface area contributed by atoms with Gasteiger partial charge in [-0.1, -0.05) is 12.1 Å². The monoisotopic (exact) mass is 552 g/mol. The van der Waals surface area contributed by atoms with Crippen LogP contribution in [0.2, 0.25) is 0 Å². The molecule has 1 aliphatic carbocycles. The summed E-state index contributed by atoms with van der Waals surface area (Å²) in [6.07, 6.45) is 8.55. The van der Waals surface area contributed by atoms with Crippen molar-refractivity contribution in [3.8, 4) is 11.5 Å². The Kier molecular flexibility index (Phi) is 9.19. The smallest absolute Gasteiger partial charge is 0.225 e. The van der Waals surface area contributed by atoms with Gasteiger partial charge in [-0.15, -0.1) is 24.0 Å². The highest BCUT2D eigenvalue weighted by atomic mass is 127. The van der Waals surface area contributed by atoms with Crippen molar-refractivity contribution in [1.29, 1.82) is 0 Å². The Morgan fingerprint density at radius 1 is 1.09 bits per heavy atom. The summed E-state index contributed by atoms with van der Waals surface area (Å²) in [7, 11) is 3.53. The van der Waals surface area contributed by atoms with Crippen molar-refractivity contribution < 1.29 is 9.47 Å². The Morgan fingerprint density at radius 2 is 1.81 bits per heavy atom. The maximum atomic E-state index is 6.36. The SMILES string of the molecule is CN=C(NCc1cccc(OC)c1OC1CCCC1)N1CCN(c2ncccn2)CC1.I. The summed E-state index contributed by atoms with van der Waals surface area (Å²) in [5.41, 5.74) is 1.09. The molecule has 0 amide bonds. The van der Waals surface area contributed by atoms with E-state index in [1.165, 1.54) is 12.8 Å². The molecule has 0 radical (unpaired) electrons. The van der Waals surface area contributed by atoms with E-state index in [1.54, 1.807) is 19.5 Å². The van der Waals surface area contributed by atoms with E-state index in [9.17, 15) is 0 Å². The third-order valence-electron chi connectivity index (χ3n) is 5.93. The molecule has 4 rings (SSSR count). The molecule has 2 aromatic rings. The van der Waals surface area contributed by atoms with Gasteiger partial charge in [-0.05, 0) is 37.8 Å².